The van der Waals surface area contributed by atoms with Crippen LogP contribution in [0, 0.1) is 22.7 Å². The Hall–Kier alpha value is -7.80. The molecule has 0 radical (unpaired) electrons. The Kier molecular flexibility index (Phi) is 7.15. The van der Waals surface area contributed by atoms with Crippen LogP contribution < -0.4 is 0 Å². The highest BCUT2D eigenvalue weighted by molar-refractivity contribution is 6.12. The molecule has 0 saturated heterocycles. The van der Waals surface area contributed by atoms with Gasteiger partial charge in [-0.15, -0.1) is 0 Å². The first-order valence-electron chi connectivity index (χ1n) is 17.7. The quantitative estimate of drug-likeness (QED) is 0.180. The predicted molar refractivity (Wildman–Crippen MR) is 216 cm³/mol. The number of nitriles is 2. The molecule has 3 aromatic heterocycles. The van der Waals surface area contributed by atoms with Gasteiger partial charge in [0.05, 0.1) is 56.7 Å². The van der Waals surface area contributed by atoms with Crippen LogP contribution in [0.1, 0.15) is 11.1 Å². The van der Waals surface area contributed by atoms with Crippen LogP contribution in [0.5, 0.6) is 0 Å². The molecule has 0 spiro atoms. The largest absolute Gasteiger partial charge is 0.309 e. The number of aromatic nitrogens is 4. The molecule has 0 atom stereocenters. The zero-order valence-electron chi connectivity index (χ0n) is 28.8. The highest BCUT2D eigenvalue weighted by atomic mass is 15.0. The second-order valence-electron chi connectivity index (χ2n) is 13.3. The number of rotatable bonds is 5. The molecule has 0 unspecified atom stereocenters. The second-order valence-corrected chi connectivity index (χ2v) is 13.3. The zero-order valence-corrected chi connectivity index (χ0v) is 28.8. The summed E-state index contributed by atoms with van der Waals surface area (Å²) in [7, 11) is 0. The Morgan fingerprint density at radius 1 is 0.389 bits per heavy atom. The molecule has 250 valence electrons. The van der Waals surface area contributed by atoms with Crippen LogP contribution in [0.25, 0.3) is 88.9 Å². The Morgan fingerprint density at radius 3 is 1.43 bits per heavy atom. The van der Waals surface area contributed by atoms with E-state index in [1.54, 1.807) is 0 Å². The van der Waals surface area contributed by atoms with Gasteiger partial charge in [-0.05, 0) is 54.6 Å². The van der Waals surface area contributed by atoms with Crippen molar-refractivity contribution in [2.75, 3.05) is 0 Å². The Labute approximate surface area is 310 Å². The summed E-state index contributed by atoms with van der Waals surface area (Å²) in [5.74, 6) is 0.519. The molecular formula is C48H28N6. The van der Waals surface area contributed by atoms with Gasteiger partial charge in [0.25, 0.3) is 0 Å². The van der Waals surface area contributed by atoms with E-state index in [9.17, 15) is 10.5 Å². The van der Waals surface area contributed by atoms with Crippen LogP contribution in [0.2, 0.25) is 0 Å². The normalized spacial score (nSPS) is 11.3. The van der Waals surface area contributed by atoms with E-state index in [0.29, 0.717) is 33.9 Å². The summed E-state index contributed by atoms with van der Waals surface area (Å²) < 4.78 is 4.47. The van der Waals surface area contributed by atoms with Gasteiger partial charge >= 0.3 is 0 Å². The lowest BCUT2D eigenvalue weighted by Gasteiger charge is -2.15. The van der Waals surface area contributed by atoms with Gasteiger partial charge in [-0.25, -0.2) is 9.97 Å². The fourth-order valence-corrected chi connectivity index (χ4v) is 7.84. The van der Waals surface area contributed by atoms with Gasteiger partial charge in [-0.2, -0.15) is 10.5 Å². The SMILES string of the molecule is N#Cc1cc(-n2c3ccccc3c3cc(-n4c5ccccc5c5ccccc54)ccc32)cc(C#N)c1-c1cc(-c2ccccc2)nc(-c2ccccc2)n1. The molecule has 7 aromatic carbocycles. The van der Waals surface area contributed by atoms with Crippen molar-refractivity contribution < 1.29 is 0 Å². The smallest absolute Gasteiger partial charge is 0.160 e. The molecule has 54 heavy (non-hydrogen) atoms. The van der Waals surface area contributed by atoms with Crippen molar-refractivity contribution in [1.82, 2.24) is 19.1 Å². The van der Waals surface area contributed by atoms with Gasteiger partial charge in [0.2, 0.25) is 0 Å². The summed E-state index contributed by atoms with van der Waals surface area (Å²) in [5, 5.41) is 26.0. The van der Waals surface area contributed by atoms with Crippen LogP contribution in [0.15, 0.2) is 170 Å². The minimum absolute atomic E-state index is 0.355. The molecule has 10 rings (SSSR count). The van der Waals surface area contributed by atoms with Crippen LogP contribution in [-0.2, 0) is 0 Å². The third kappa shape index (κ3) is 4.87. The lowest BCUT2D eigenvalue weighted by Crippen LogP contribution is -2.02. The molecule has 6 nitrogen and oxygen atoms in total. The fraction of sp³-hybridized carbons (Fsp3) is 0. The molecule has 6 heteroatoms. The van der Waals surface area contributed by atoms with E-state index in [2.05, 4.69) is 100 Å². The average Bonchev–Trinajstić information content (AvgIpc) is 3.76. The minimum Gasteiger partial charge on any atom is -0.309 e. The van der Waals surface area contributed by atoms with E-state index in [-0.39, 0.29) is 0 Å². The molecule has 10 aromatic rings. The highest BCUT2D eigenvalue weighted by Crippen LogP contribution is 2.39. The molecule has 0 amide bonds. The number of fused-ring (bicyclic) bond motifs is 6. The maximum absolute atomic E-state index is 10.7. The molecule has 0 aliphatic heterocycles. The molecule has 0 N–H and O–H groups in total. The van der Waals surface area contributed by atoms with Crippen molar-refractivity contribution in [2.24, 2.45) is 0 Å². The topological polar surface area (TPSA) is 83.2 Å². The summed E-state index contributed by atoms with van der Waals surface area (Å²) in [6, 6.07) is 61.9. The standard InChI is InChI=1S/C48H28N6/c49-29-33-25-36(26-34(30-50)47(33)42-28-41(31-13-3-1-4-14-31)51-48(52-42)32-15-5-2-6-16-32)54-45-22-12-9-19-39(45)40-27-35(23-24-46(40)54)53-43-20-10-7-17-37(43)38-18-8-11-21-44(38)53/h1-28H. The number of benzene rings is 7. The van der Waals surface area contributed by atoms with Crippen LogP contribution >= 0.6 is 0 Å². The molecule has 3 heterocycles. The van der Waals surface area contributed by atoms with E-state index in [1.807, 2.05) is 91.0 Å². The van der Waals surface area contributed by atoms with Gasteiger partial charge < -0.3 is 9.13 Å². The number of hydrogen-bond acceptors (Lipinski definition) is 4. The monoisotopic (exact) mass is 688 g/mol. The van der Waals surface area contributed by atoms with Gasteiger partial charge in [0, 0.05) is 49.6 Å². The van der Waals surface area contributed by atoms with Crippen molar-refractivity contribution in [3.8, 4) is 57.4 Å². The van der Waals surface area contributed by atoms with Gasteiger partial charge in [-0.1, -0.05) is 115 Å². The minimum atomic E-state index is 0.355. The van der Waals surface area contributed by atoms with Crippen molar-refractivity contribution in [1.29, 1.82) is 10.5 Å². The lowest BCUT2D eigenvalue weighted by molar-refractivity contribution is 1.15. The Balaban J connectivity index is 1.19. The molecule has 0 aliphatic carbocycles. The molecule has 0 fully saturated rings. The van der Waals surface area contributed by atoms with Crippen molar-refractivity contribution in [3.63, 3.8) is 0 Å². The molecule has 0 bridgehead atoms. The van der Waals surface area contributed by atoms with Gasteiger partial charge in [0.1, 0.15) is 0 Å². The van der Waals surface area contributed by atoms with E-state index >= 15 is 0 Å². The second kappa shape index (κ2) is 12.5. The maximum Gasteiger partial charge on any atom is 0.160 e. The van der Waals surface area contributed by atoms with E-state index in [1.165, 1.54) is 10.8 Å². The highest BCUT2D eigenvalue weighted by Gasteiger charge is 2.21. The van der Waals surface area contributed by atoms with Crippen molar-refractivity contribution in [2.45, 2.75) is 0 Å². The van der Waals surface area contributed by atoms with E-state index in [0.717, 1.165) is 55.3 Å². The zero-order chi connectivity index (χ0) is 36.2. The number of hydrogen-bond donors (Lipinski definition) is 0. The van der Waals surface area contributed by atoms with Crippen molar-refractivity contribution in [3.05, 3.63) is 181 Å². The predicted octanol–water partition coefficient (Wildman–Crippen LogP) is 11.4. The summed E-state index contributed by atoms with van der Waals surface area (Å²) >= 11 is 0. The fourth-order valence-electron chi connectivity index (χ4n) is 7.84. The van der Waals surface area contributed by atoms with Crippen LogP contribution in [-0.4, -0.2) is 19.1 Å². The lowest BCUT2D eigenvalue weighted by atomic mass is 9.96. The third-order valence-corrected chi connectivity index (χ3v) is 10.2. The van der Waals surface area contributed by atoms with Crippen LogP contribution in [0.3, 0.4) is 0 Å². The molecule has 0 saturated carbocycles. The summed E-state index contributed by atoms with van der Waals surface area (Å²) in [5.41, 5.74) is 10.2. The number of nitrogens with zero attached hydrogens (tertiary/aromatic N) is 6. The van der Waals surface area contributed by atoms with Crippen molar-refractivity contribution >= 4 is 43.6 Å². The first kappa shape index (κ1) is 31.0. The third-order valence-electron chi connectivity index (χ3n) is 10.2. The molecule has 0 aliphatic rings. The van der Waals surface area contributed by atoms with E-state index < -0.39 is 0 Å². The maximum atomic E-state index is 10.7. The summed E-state index contributed by atoms with van der Waals surface area (Å²) in [4.78, 5) is 9.88. The Bertz CT molecular complexity index is 3030. The summed E-state index contributed by atoms with van der Waals surface area (Å²) in [6.45, 7) is 0. The summed E-state index contributed by atoms with van der Waals surface area (Å²) in [6.07, 6.45) is 0. The average molecular weight is 689 g/mol. The molecular weight excluding hydrogens is 661 g/mol. The van der Waals surface area contributed by atoms with Crippen LogP contribution in [0.4, 0.5) is 0 Å². The number of para-hydroxylation sites is 3. The van der Waals surface area contributed by atoms with Gasteiger partial charge in [0.15, 0.2) is 5.82 Å². The van der Waals surface area contributed by atoms with E-state index in [4.69, 9.17) is 9.97 Å². The Morgan fingerprint density at radius 2 is 0.852 bits per heavy atom. The first-order chi connectivity index (χ1) is 26.7. The first-order valence-corrected chi connectivity index (χ1v) is 17.7. The van der Waals surface area contributed by atoms with Gasteiger partial charge in [-0.3, -0.25) is 0 Å².